The molecular weight excluding hydrogens is 262 g/mol. The van der Waals surface area contributed by atoms with Crippen molar-refractivity contribution in [3.63, 3.8) is 0 Å². The van der Waals surface area contributed by atoms with E-state index in [1.165, 1.54) is 0 Å². The Bertz CT molecular complexity index is 600. The van der Waals surface area contributed by atoms with Crippen molar-refractivity contribution in [2.75, 3.05) is 7.11 Å². The largest absolute Gasteiger partial charge is 0.496 e. The van der Waals surface area contributed by atoms with Gasteiger partial charge in [0.1, 0.15) is 18.1 Å². The number of aryl methyl sites for hydroxylation is 2. The lowest BCUT2D eigenvalue weighted by atomic mass is 10.1. The SMILES string of the molecule is COc1ccc(C(C)N)cc1COc1c(C)cccc1C. The molecule has 0 amide bonds. The van der Waals surface area contributed by atoms with Crippen LogP contribution in [0.4, 0.5) is 0 Å². The molecule has 0 spiro atoms. The molecule has 0 saturated heterocycles. The van der Waals surface area contributed by atoms with E-state index in [2.05, 4.69) is 32.0 Å². The van der Waals surface area contributed by atoms with Gasteiger partial charge in [0.15, 0.2) is 0 Å². The van der Waals surface area contributed by atoms with Gasteiger partial charge in [-0.3, -0.25) is 0 Å². The van der Waals surface area contributed by atoms with Crippen molar-refractivity contribution < 1.29 is 9.47 Å². The van der Waals surface area contributed by atoms with Crippen molar-refractivity contribution >= 4 is 0 Å². The molecule has 3 nitrogen and oxygen atoms in total. The van der Waals surface area contributed by atoms with Gasteiger partial charge in [-0.25, -0.2) is 0 Å². The van der Waals surface area contributed by atoms with Crippen LogP contribution in [0.1, 0.15) is 35.2 Å². The van der Waals surface area contributed by atoms with E-state index in [9.17, 15) is 0 Å². The van der Waals surface area contributed by atoms with Gasteiger partial charge in [0.2, 0.25) is 0 Å². The quantitative estimate of drug-likeness (QED) is 0.905. The van der Waals surface area contributed by atoms with Gasteiger partial charge >= 0.3 is 0 Å². The highest BCUT2D eigenvalue weighted by molar-refractivity contribution is 5.41. The Balaban J connectivity index is 2.24. The third kappa shape index (κ3) is 3.56. The molecule has 0 aliphatic rings. The number of rotatable bonds is 5. The lowest BCUT2D eigenvalue weighted by molar-refractivity contribution is 0.292. The number of hydrogen-bond donors (Lipinski definition) is 1. The summed E-state index contributed by atoms with van der Waals surface area (Å²) < 4.78 is 11.4. The molecule has 0 aromatic heterocycles. The Morgan fingerprint density at radius 3 is 2.33 bits per heavy atom. The first-order valence-electron chi connectivity index (χ1n) is 7.14. The Morgan fingerprint density at radius 2 is 1.76 bits per heavy atom. The number of hydrogen-bond acceptors (Lipinski definition) is 3. The molecule has 0 radical (unpaired) electrons. The first-order chi connectivity index (χ1) is 10.0. The van der Waals surface area contributed by atoms with E-state index in [1.54, 1.807) is 7.11 Å². The maximum Gasteiger partial charge on any atom is 0.125 e. The van der Waals surface area contributed by atoms with Crippen molar-refractivity contribution in [3.8, 4) is 11.5 Å². The highest BCUT2D eigenvalue weighted by Gasteiger charge is 2.09. The van der Waals surface area contributed by atoms with E-state index < -0.39 is 0 Å². The molecule has 0 heterocycles. The Morgan fingerprint density at radius 1 is 1.10 bits per heavy atom. The van der Waals surface area contributed by atoms with Crippen molar-refractivity contribution in [2.45, 2.75) is 33.4 Å². The van der Waals surface area contributed by atoms with Gasteiger partial charge in [0.05, 0.1) is 7.11 Å². The van der Waals surface area contributed by atoms with Crippen molar-refractivity contribution in [3.05, 3.63) is 58.7 Å². The number of benzene rings is 2. The summed E-state index contributed by atoms with van der Waals surface area (Å²) in [6.07, 6.45) is 0. The van der Waals surface area contributed by atoms with Crippen LogP contribution < -0.4 is 15.2 Å². The molecule has 21 heavy (non-hydrogen) atoms. The number of methoxy groups -OCH3 is 1. The van der Waals surface area contributed by atoms with Gasteiger partial charge in [0, 0.05) is 11.6 Å². The van der Waals surface area contributed by atoms with Gasteiger partial charge in [-0.05, 0) is 49.6 Å². The summed E-state index contributed by atoms with van der Waals surface area (Å²) in [5.74, 6) is 1.76. The predicted octanol–water partition coefficient (Wildman–Crippen LogP) is 3.91. The molecule has 2 aromatic carbocycles. The lowest BCUT2D eigenvalue weighted by Gasteiger charge is -2.15. The maximum atomic E-state index is 6.01. The fraction of sp³-hybridized carbons (Fsp3) is 0.333. The minimum atomic E-state index is -0.00477. The van der Waals surface area contributed by atoms with Crippen LogP contribution in [-0.2, 0) is 6.61 Å². The summed E-state index contributed by atoms with van der Waals surface area (Å²) in [4.78, 5) is 0. The van der Waals surface area contributed by atoms with Gasteiger partial charge in [-0.1, -0.05) is 24.3 Å². The maximum absolute atomic E-state index is 6.01. The predicted molar refractivity (Wildman–Crippen MR) is 85.8 cm³/mol. The van der Waals surface area contributed by atoms with Crippen molar-refractivity contribution in [2.24, 2.45) is 5.73 Å². The van der Waals surface area contributed by atoms with Crippen molar-refractivity contribution in [1.82, 2.24) is 0 Å². The van der Waals surface area contributed by atoms with Crippen LogP contribution in [0.5, 0.6) is 11.5 Å². The number of ether oxygens (including phenoxy) is 2. The van der Waals surface area contributed by atoms with Crippen molar-refractivity contribution in [1.29, 1.82) is 0 Å². The van der Waals surface area contributed by atoms with Crippen LogP contribution in [0.2, 0.25) is 0 Å². The first-order valence-corrected chi connectivity index (χ1v) is 7.14. The van der Waals surface area contributed by atoms with Gasteiger partial charge in [-0.2, -0.15) is 0 Å². The molecule has 112 valence electrons. The average Bonchev–Trinajstić information content (AvgIpc) is 2.46. The molecule has 1 atom stereocenters. The first kappa shape index (κ1) is 15.4. The normalized spacial score (nSPS) is 12.0. The molecule has 3 heteroatoms. The van der Waals surface area contributed by atoms with Crippen LogP contribution in [0.15, 0.2) is 36.4 Å². The zero-order valence-corrected chi connectivity index (χ0v) is 13.1. The van der Waals surface area contributed by atoms with Gasteiger partial charge in [-0.15, -0.1) is 0 Å². The second kappa shape index (κ2) is 6.64. The topological polar surface area (TPSA) is 44.5 Å². The van der Waals surface area contributed by atoms with Crippen LogP contribution >= 0.6 is 0 Å². The Kier molecular flexibility index (Phi) is 4.86. The minimum absolute atomic E-state index is 0.00477. The summed E-state index contributed by atoms with van der Waals surface area (Å²) in [5, 5.41) is 0. The fourth-order valence-electron chi connectivity index (χ4n) is 2.37. The monoisotopic (exact) mass is 285 g/mol. The smallest absolute Gasteiger partial charge is 0.125 e. The standard InChI is InChI=1S/C18H23NO2/c1-12-6-5-7-13(2)18(12)21-11-16-10-15(14(3)19)8-9-17(16)20-4/h5-10,14H,11,19H2,1-4H3. The van der Waals surface area contributed by atoms with E-state index in [0.717, 1.165) is 33.8 Å². The third-order valence-corrected chi connectivity index (χ3v) is 3.61. The van der Waals surface area contributed by atoms with Crippen LogP contribution in [0.3, 0.4) is 0 Å². The Labute approximate surface area is 126 Å². The zero-order chi connectivity index (χ0) is 15.4. The molecule has 2 rings (SSSR count). The molecule has 0 aliphatic heterocycles. The van der Waals surface area contributed by atoms with Crippen LogP contribution in [0, 0.1) is 13.8 Å². The summed E-state index contributed by atoms with van der Waals surface area (Å²) in [6.45, 7) is 6.54. The highest BCUT2D eigenvalue weighted by Crippen LogP contribution is 2.27. The van der Waals surface area contributed by atoms with E-state index in [1.807, 2.05) is 25.1 Å². The number of nitrogens with two attached hydrogens (primary N) is 1. The highest BCUT2D eigenvalue weighted by atomic mass is 16.5. The molecule has 0 saturated carbocycles. The second-order valence-electron chi connectivity index (χ2n) is 5.37. The number of para-hydroxylation sites is 1. The molecule has 0 fully saturated rings. The van der Waals surface area contributed by atoms with E-state index in [0.29, 0.717) is 6.61 Å². The third-order valence-electron chi connectivity index (χ3n) is 3.61. The van der Waals surface area contributed by atoms with E-state index in [4.69, 9.17) is 15.2 Å². The fourth-order valence-corrected chi connectivity index (χ4v) is 2.37. The summed E-state index contributed by atoms with van der Waals surface area (Å²) in [6, 6.07) is 12.1. The molecular formula is C18H23NO2. The summed E-state index contributed by atoms with van der Waals surface area (Å²) >= 11 is 0. The lowest BCUT2D eigenvalue weighted by Crippen LogP contribution is -2.07. The van der Waals surface area contributed by atoms with Gasteiger partial charge in [0.25, 0.3) is 0 Å². The summed E-state index contributed by atoms with van der Waals surface area (Å²) in [5.41, 5.74) is 10.3. The van der Waals surface area contributed by atoms with Crippen LogP contribution in [0.25, 0.3) is 0 Å². The zero-order valence-electron chi connectivity index (χ0n) is 13.1. The van der Waals surface area contributed by atoms with E-state index in [-0.39, 0.29) is 6.04 Å². The minimum Gasteiger partial charge on any atom is -0.496 e. The second-order valence-corrected chi connectivity index (χ2v) is 5.37. The summed E-state index contributed by atoms with van der Waals surface area (Å²) in [7, 11) is 1.67. The molecule has 0 bridgehead atoms. The van der Waals surface area contributed by atoms with E-state index >= 15 is 0 Å². The molecule has 0 aliphatic carbocycles. The average molecular weight is 285 g/mol. The molecule has 1 unspecified atom stereocenters. The van der Waals surface area contributed by atoms with Gasteiger partial charge < -0.3 is 15.2 Å². The molecule has 2 aromatic rings. The van der Waals surface area contributed by atoms with Crippen LogP contribution in [-0.4, -0.2) is 7.11 Å². The molecule has 2 N–H and O–H groups in total. The Hall–Kier alpha value is -2.00.